The maximum Gasteiger partial charge on any atom is 0.299 e. The Kier molecular flexibility index (Phi) is 3.79. The topological polar surface area (TPSA) is 69.0 Å². The molecular weight excluding hydrogens is 244 g/mol. The van der Waals surface area contributed by atoms with Crippen LogP contribution in [0, 0.1) is 6.92 Å². The molecule has 0 atom stereocenters. The van der Waals surface area contributed by atoms with Gasteiger partial charge in [0.05, 0.1) is 13.7 Å². The van der Waals surface area contributed by atoms with Crippen LogP contribution in [0.2, 0.25) is 0 Å². The van der Waals surface area contributed by atoms with Crippen LogP contribution in [0.1, 0.15) is 11.3 Å². The van der Waals surface area contributed by atoms with Gasteiger partial charge in [-0.2, -0.15) is 0 Å². The number of aromatic nitrogens is 3. The molecule has 0 aliphatic rings. The van der Waals surface area contributed by atoms with Gasteiger partial charge in [0.15, 0.2) is 0 Å². The summed E-state index contributed by atoms with van der Waals surface area (Å²) in [6.07, 6.45) is 1.69. The van der Waals surface area contributed by atoms with Crippen LogP contribution in [0.5, 0.6) is 6.01 Å². The summed E-state index contributed by atoms with van der Waals surface area (Å²) in [5.41, 5.74) is 1.46. The minimum absolute atomic E-state index is 0.132. The normalized spacial score (nSPS) is 10.3. The smallest absolute Gasteiger partial charge is 0.299 e. The lowest BCUT2D eigenvalue weighted by Gasteiger charge is -2.11. The molecule has 0 radical (unpaired) electrons. The molecule has 2 aromatic rings. The summed E-state index contributed by atoms with van der Waals surface area (Å²) in [5, 5.41) is 2.96. The maximum atomic E-state index is 12.0. The Morgan fingerprint density at radius 2 is 2.21 bits per heavy atom. The lowest BCUT2D eigenvalue weighted by Crippen LogP contribution is -2.23. The molecule has 2 aromatic heterocycles. The van der Waals surface area contributed by atoms with Gasteiger partial charge in [-0.25, -0.2) is 9.97 Å². The molecule has 6 heteroatoms. The minimum atomic E-state index is -0.132. The summed E-state index contributed by atoms with van der Waals surface area (Å²) in [5.74, 6) is 0.754. The lowest BCUT2D eigenvalue weighted by molar-refractivity contribution is 0.350. The first-order valence-electron chi connectivity index (χ1n) is 5.89. The van der Waals surface area contributed by atoms with Crippen LogP contribution in [0.15, 0.2) is 29.2 Å². The number of anilines is 1. The van der Waals surface area contributed by atoms with Crippen molar-refractivity contribution in [3.8, 4) is 6.01 Å². The average molecular weight is 260 g/mol. The number of methoxy groups -OCH3 is 1. The van der Waals surface area contributed by atoms with Gasteiger partial charge in [-0.15, -0.1) is 0 Å². The monoisotopic (exact) mass is 260 g/mol. The van der Waals surface area contributed by atoms with Gasteiger partial charge in [0.2, 0.25) is 0 Å². The van der Waals surface area contributed by atoms with Gasteiger partial charge in [0.1, 0.15) is 5.82 Å². The number of pyridine rings is 1. The van der Waals surface area contributed by atoms with E-state index >= 15 is 0 Å². The molecule has 6 nitrogen and oxygen atoms in total. The third-order valence-electron chi connectivity index (χ3n) is 2.71. The third-order valence-corrected chi connectivity index (χ3v) is 2.71. The highest BCUT2D eigenvalue weighted by molar-refractivity contribution is 5.36. The van der Waals surface area contributed by atoms with Gasteiger partial charge in [-0.05, 0) is 24.6 Å². The van der Waals surface area contributed by atoms with Crippen LogP contribution in [0.3, 0.4) is 0 Å². The van der Waals surface area contributed by atoms with E-state index in [1.54, 1.807) is 20.2 Å². The maximum absolute atomic E-state index is 12.0. The van der Waals surface area contributed by atoms with E-state index in [1.807, 2.05) is 12.1 Å². The molecule has 0 saturated carbocycles. The molecule has 0 aliphatic carbocycles. The first-order valence-corrected chi connectivity index (χ1v) is 5.89. The molecule has 100 valence electrons. The SMILES string of the molecule is CNc1cc(Cn2c(OC)nc(C)cc2=O)ccn1. The van der Waals surface area contributed by atoms with Gasteiger partial charge in [0.25, 0.3) is 11.6 Å². The predicted octanol–water partition coefficient (Wildman–Crippen LogP) is 1.05. The molecule has 0 amide bonds. The molecule has 0 saturated heterocycles. The molecule has 19 heavy (non-hydrogen) atoms. The fourth-order valence-corrected chi connectivity index (χ4v) is 1.79. The molecule has 1 N–H and O–H groups in total. The fraction of sp³-hybridized carbons (Fsp3) is 0.308. The molecule has 0 bridgehead atoms. The molecule has 0 unspecified atom stereocenters. The average Bonchev–Trinajstić information content (AvgIpc) is 2.41. The molecule has 0 spiro atoms. The van der Waals surface area contributed by atoms with Crippen LogP contribution in [0.25, 0.3) is 0 Å². The minimum Gasteiger partial charge on any atom is -0.468 e. The van der Waals surface area contributed by atoms with E-state index in [0.29, 0.717) is 18.2 Å². The van der Waals surface area contributed by atoms with Crippen LogP contribution in [-0.4, -0.2) is 28.7 Å². The number of hydrogen-bond acceptors (Lipinski definition) is 5. The van der Waals surface area contributed by atoms with Crippen molar-refractivity contribution < 1.29 is 4.74 Å². The van der Waals surface area contributed by atoms with Crippen LogP contribution < -0.4 is 15.6 Å². The number of nitrogens with zero attached hydrogens (tertiary/aromatic N) is 3. The van der Waals surface area contributed by atoms with E-state index in [4.69, 9.17) is 4.74 Å². The van der Waals surface area contributed by atoms with Crippen LogP contribution in [0.4, 0.5) is 5.82 Å². The second kappa shape index (κ2) is 5.51. The number of nitrogens with one attached hydrogen (secondary N) is 1. The quantitative estimate of drug-likeness (QED) is 0.889. The van der Waals surface area contributed by atoms with E-state index in [2.05, 4.69) is 15.3 Å². The number of hydrogen-bond donors (Lipinski definition) is 1. The number of rotatable bonds is 4. The van der Waals surface area contributed by atoms with E-state index < -0.39 is 0 Å². The highest BCUT2D eigenvalue weighted by Gasteiger charge is 2.08. The van der Waals surface area contributed by atoms with Crippen molar-refractivity contribution in [1.82, 2.24) is 14.5 Å². The largest absolute Gasteiger partial charge is 0.468 e. The van der Waals surface area contributed by atoms with Crippen molar-refractivity contribution in [1.29, 1.82) is 0 Å². The van der Waals surface area contributed by atoms with Gasteiger partial charge < -0.3 is 10.1 Å². The Hall–Kier alpha value is -2.37. The van der Waals surface area contributed by atoms with Gasteiger partial charge in [-0.1, -0.05) is 0 Å². The number of aryl methyl sites for hydroxylation is 1. The number of ether oxygens (including phenoxy) is 1. The summed E-state index contributed by atoms with van der Waals surface area (Å²) in [6, 6.07) is 5.54. The summed E-state index contributed by atoms with van der Waals surface area (Å²) >= 11 is 0. The zero-order valence-corrected chi connectivity index (χ0v) is 11.2. The summed E-state index contributed by atoms with van der Waals surface area (Å²) in [7, 11) is 3.30. The summed E-state index contributed by atoms with van der Waals surface area (Å²) in [6.45, 7) is 2.16. The standard InChI is InChI=1S/C13H16N4O2/c1-9-6-12(18)17(13(16-9)19-3)8-10-4-5-15-11(7-10)14-2/h4-7H,8H2,1-3H3,(H,14,15). The Labute approximate surface area is 111 Å². The van der Waals surface area contributed by atoms with Gasteiger partial charge >= 0.3 is 0 Å². The lowest BCUT2D eigenvalue weighted by atomic mass is 10.2. The van der Waals surface area contributed by atoms with Gasteiger partial charge in [-0.3, -0.25) is 9.36 Å². The van der Waals surface area contributed by atoms with E-state index in [0.717, 1.165) is 11.4 Å². The molecule has 0 aromatic carbocycles. The first-order chi connectivity index (χ1) is 9.13. The Morgan fingerprint density at radius 1 is 1.42 bits per heavy atom. The fourth-order valence-electron chi connectivity index (χ4n) is 1.79. The van der Waals surface area contributed by atoms with Crippen molar-refractivity contribution >= 4 is 5.82 Å². The molecule has 2 rings (SSSR count). The zero-order chi connectivity index (χ0) is 13.8. The van der Waals surface area contributed by atoms with Crippen molar-refractivity contribution in [2.45, 2.75) is 13.5 Å². The Balaban J connectivity index is 2.40. The van der Waals surface area contributed by atoms with Crippen molar-refractivity contribution in [3.63, 3.8) is 0 Å². The van der Waals surface area contributed by atoms with Crippen molar-refractivity contribution in [2.75, 3.05) is 19.5 Å². The predicted molar refractivity (Wildman–Crippen MR) is 72.7 cm³/mol. The van der Waals surface area contributed by atoms with E-state index in [9.17, 15) is 4.79 Å². The van der Waals surface area contributed by atoms with E-state index in [1.165, 1.54) is 17.7 Å². The zero-order valence-electron chi connectivity index (χ0n) is 11.2. The van der Waals surface area contributed by atoms with Crippen LogP contribution in [-0.2, 0) is 6.54 Å². The third kappa shape index (κ3) is 2.90. The van der Waals surface area contributed by atoms with Gasteiger partial charge in [0, 0.05) is 25.0 Å². The van der Waals surface area contributed by atoms with Crippen molar-refractivity contribution in [3.05, 3.63) is 46.0 Å². The molecule has 0 aliphatic heterocycles. The van der Waals surface area contributed by atoms with E-state index in [-0.39, 0.29) is 5.56 Å². The Bertz CT molecular complexity index is 637. The Morgan fingerprint density at radius 3 is 2.89 bits per heavy atom. The first kappa shape index (κ1) is 13.1. The summed E-state index contributed by atoms with van der Waals surface area (Å²) in [4.78, 5) is 20.3. The molecule has 0 fully saturated rings. The molecule has 2 heterocycles. The summed E-state index contributed by atoms with van der Waals surface area (Å²) < 4.78 is 6.64. The second-order valence-electron chi connectivity index (χ2n) is 4.11. The second-order valence-corrected chi connectivity index (χ2v) is 4.11. The van der Waals surface area contributed by atoms with Crippen LogP contribution >= 0.6 is 0 Å². The highest BCUT2D eigenvalue weighted by atomic mass is 16.5. The van der Waals surface area contributed by atoms with Crippen molar-refractivity contribution in [2.24, 2.45) is 0 Å². The molecular formula is C13H16N4O2. The highest BCUT2D eigenvalue weighted by Crippen LogP contribution is 2.11.